The van der Waals surface area contributed by atoms with Crippen LogP contribution in [0.4, 0.5) is 0 Å². The Kier molecular flexibility index (Phi) is 13.8. The van der Waals surface area contributed by atoms with Gasteiger partial charge in [-0.1, -0.05) is 0 Å². The highest BCUT2D eigenvalue weighted by Gasteiger charge is 2.52. The highest BCUT2D eigenvalue weighted by Crippen LogP contribution is 2.32. The van der Waals surface area contributed by atoms with Crippen LogP contribution in [0.1, 0.15) is 12.8 Å². The Labute approximate surface area is 248 Å². The molecule has 252 valence electrons. The fourth-order valence-electron chi connectivity index (χ4n) is 5.33. The van der Waals surface area contributed by atoms with Crippen LogP contribution < -0.4 is 33.6 Å². The monoisotopic (exact) mass is 628 g/mol. The van der Waals surface area contributed by atoms with Crippen molar-refractivity contribution in [2.75, 3.05) is 32.8 Å². The molecular weight excluding hydrogens is 580 g/mol. The van der Waals surface area contributed by atoms with E-state index in [1.54, 1.807) is 0 Å². The zero-order chi connectivity index (χ0) is 32.0. The molecule has 19 heteroatoms. The molecule has 43 heavy (non-hydrogen) atoms. The second-order valence-electron chi connectivity index (χ2n) is 11.1. The predicted molar refractivity (Wildman–Crippen MR) is 144 cm³/mol. The van der Waals surface area contributed by atoms with E-state index < -0.39 is 117 Å². The number of nitrogens with two attached hydrogens (primary N) is 4. The third kappa shape index (κ3) is 8.54. The molecule has 3 rings (SSSR count). The number of nitrogens with one attached hydrogen (secondary N) is 2. The standard InChI is InChI=1S/C24H48N6O13/c25-2-1-3-29-6-11-15(34)17(36)18(37)24(40-11)42-20-8(27)4-9(30-22(39)10(32)5-26)21(19(20)38)43-23-16(35)13(28)14(33)12(7-31)41-23/h8-21,23-24,29,31-38H,1-7,25-28H2,(H,30,39)/t8-,9+,10-,11+,12+,13-,14+,15+,16+,17-,18+,19-,20?,21-,23+,24+/m0/s1. The minimum Gasteiger partial charge on any atom is -0.394 e. The highest BCUT2D eigenvalue weighted by molar-refractivity contribution is 5.81. The molecule has 1 amide bonds. The molecule has 16 atom stereocenters. The first-order chi connectivity index (χ1) is 20.4. The SMILES string of the molecule is NCCCNC[C@H]1O[C@H](OC2[C@@H](N)C[C@@H](NC(=O)[C@@H](O)CN)[C@H](O[C@H]3O[C@H](CO)[C@@H](O)[C@H](N)[C@H]3O)[C@H]2O)[C@H](O)[C@@H](O)[C@@H]1O. The Morgan fingerprint density at radius 1 is 0.860 bits per heavy atom. The molecule has 0 spiro atoms. The predicted octanol–water partition coefficient (Wildman–Crippen LogP) is -8.83. The first-order valence-corrected chi connectivity index (χ1v) is 14.3. The molecule has 0 radical (unpaired) electrons. The molecule has 2 aliphatic heterocycles. The summed E-state index contributed by atoms with van der Waals surface area (Å²) in [5, 5.41) is 88.7. The van der Waals surface area contributed by atoms with E-state index in [0.29, 0.717) is 19.5 Å². The summed E-state index contributed by atoms with van der Waals surface area (Å²) in [6.45, 7) is -0.0913. The normalized spacial score (nSPS) is 44.6. The Morgan fingerprint density at radius 2 is 1.49 bits per heavy atom. The van der Waals surface area contributed by atoms with Crippen LogP contribution in [-0.2, 0) is 23.7 Å². The van der Waals surface area contributed by atoms with Gasteiger partial charge in [-0.05, 0) is 25.9 Å². The molecule has 3 fully saturated rings. The maximum Gasteiger partial charge on any atom is 0.250 e. The fraction of sp³-hybridized carbons (Fsp3) is 0.958. The highest BCUT2D eigenvalue weighted by atomic mass is 16.7. The van der Waals surface area contributed by atoms with Crippen molar-refractivity contribution in [1.29, 1.82) is 0 Å². The Balaban J connectivity index is 1.81. The van der Waals surface area contributed by atoms with Crippen molar-refractivity contribution in [3.05, 3.63) is 0 Å². The summed E-state index contributed by atoms with van der Waals surface area (Å²) >= 11 is 0. The molecule has 0 aromatic heterocycles. The number of carbonyl (C=O) groups is 1. The first kappa shape index (κ1) is 36.3. The van der Waals surface area contributed by atoms with Gasteiger partial charge >= 0.3 is 0 Å². The number of ether oxygens (including phenoxy) is 4. The second-order valence-corrected chi connectivity index (χ2v) is 11.1. The summed E-state index contributed by atoms with van der Waals surface area (Å²) in [7, 11) is 0. The number of carbonyl (C=O) groups excluding carboxylic acids is 1. The number of aliphatic hydroxyl groups excluding tert-OH is 8. The first-order valence-electron chi connectivity index (χ1n) is 14.3. The zero-order valence-corrected chi connectivity index (χ0v) is 23.6. The summed E-state index contributed by atoms with van der Waals surface area (Å²) in [6.07, 6.45) is -19.1. The van der Waals surface area contributed by atoms with E-state index in [2.05, 4.69) is 10.6 Å². The van der Waals surface area contributed by atoms with Gasteiger partial charge in [0.25, 0.3) is 0 Å². The number of hydrogen-bond donors (Lipinski definition) is 14. The van der Waals surface area contributed by atoms with E-state index in [1.807, 2.05) is 0 Å². The second kappa shape index (κ2) is 16.4. The largest absolute Gasteiger partial charge is 0.394 e. The lowest BCUT2D eigenvalue weighted by atomic mass is 9.83. The van der Waals surface area contributed by atoms with E-state index >= 15 is 0 Å². The molecule has 1 saturated carbocycles. The minimum atomic E-state index is -1.75. The quantitative estimate of drug-likeness (QED) is 0.0841. The molecule has 0 aromatic rings. The molecule has 18 N–H and O–H groups in total. The average Bonchev–Trinajstić information content (AvgIpc) is 2.99. The van der Waals surface area contributed by atoms with Crippen LogP contribution in [-0.4, -0.2) is 177 Å². The molecule has 2 heterocycles. The van der Waals surface area contributed by atoms with Crippen LogP contribution in [0, 0.1) is 0 Å². The van der Waals surface area contributed by atoms with Crippen LogP contribution in [0.15, 0.2) is 0 Å². The van der Waals surface area contributed by atoms with Crippen LogP contribution >= 0.6 is 0 Å². The molecule has 3 aliphatic rings. The van der Waals surface area contributed by atoms with E-state index in [-0.39, 0.29) is 13.0 Å². The topological polar surface area (TPSA) is 344 Å². The van der Waals surface area contributed by atoms with Crippen LogP contribution in [0.5, 0.6) is 0 Å². The lowest BCUT2D eigenvalue weighted by Gasteiger charge is -2.49. The van der Waals surface area contributed by atoms with Crippen LogP contribution in [0.2, 0.25) is 0 Å². The number of aliphatic hydroxyl groups is 8. The van der Waals surface area contributed by atoms with Gasteiger partial charge in [-0.15, -0.1) is 0 Å². The van der Waals surface area contributed by atoms with Gasteiger partial charge in [0.2, 0.25) is 5.91 Å². The van der Waals surface area contributed by atoms with Crippen molar-refractivity contribution in [3.8, 4) is 0 Å². The lowest BCUT2D eigenvalue weighted by molar-refractivity contribution is -0.333. The maximum absolute atomic E-state index is 12.5. The molecular formula is C24H48N6O13. The fourth-order valence-corrected chi connectivity index (χ4v) is 5.33. The van der Waals surface area contributed by atoms with Crippen molar-refractivity contribution in [3.63, 3.8) is 0 Å². The van der Waals surface area contributed by atoms with Crippen molar-refractivity contribution in [1.82, 2.24) is 10.6 Å². The summed E-state index contributed by atoms with van der Waals surface area (Å²) in [5.74, 6) is -0.904. The van der Waals surface area contributed by atoms with E-state index in [9.17, 15) is 45.6 Å². The average molecular weight is 629 g/mol. The number of amides is 1. The van der Waals surface area contributed by atoms with Gasteiger partial charge in [-0.3, -0.25) is 4.79 Å². The number of hydrogen-bond acceptors (Lipinski definition) is 18. The van der Waals surface area contributed by atoms with E-state index in [1.165, 1.54) is 0 Å². The van der Waals surface area contributed by atoms with Crippen LogP contribution in [0.25, 0.3) is 0 Å². The minimum absolute atomic E-state index is 0.0719. The van der Waals surface area contributed by atoms with Gasteiger partial charge in [-0.25, -0.2) is 0 Å². The van der Waals surface area contributed by atoms with Gasteiger partial charge in [0, 0.05) is 19.1 Å². The molecule has 1 aliphatic carbocycles. The maximum atomic E-state index is 12.5. The van der Waals surface area contributed by atoms with Crippen molar-refractivity contribution in [2.24, 2.45) is 22.9 Å². The third-order valence-electron chi connectivity index (χ3n) is 7.96. The molecule has 2 saturated heterocycles. The van der Waals surface area contributed by atoms with E-state index in [4.69, 9.17) is 41.9 Å². The van der Waals surface area contributed by atoms with Gasteiger partial charge in [0.05, 0.1) is 18.7 Å². The third-order valence-corrected chi connectivity index (χ3v) is 7.96. The van der Waals surface area contributed by atoms with Gasteiger partial charge in [0.1, 0.15) is 67.1 Å². The smallest absolute Gasteiger partial charge is 0.250 e. The molecule has 0 bridgehead atoms. The molecule has 19 nitrogen and oxygen atoms in total. The Bertz CT molecular complexity index is 867. The Hall–Kier alpha value is -1.21. The summed E-state index contributed by atoms with van der Waals surface area (Å²) in [6, 6.07) is -3.48. The molecule has 1 unspecified atom stereocenters. The lowest BCUT2D eigenvalue weighted by Crippen LogP contribution is -2.69. The summed E-state index contributed by atoms with van der Waals surface area (Å²) < 4.78 is 22.9. The van der Waals surface area contributed by atoms with Crippen LogP contribution in [0.3, 0.4) is 0 Å². The van der Waals surface area contributed by atoms with Crippen molar-refractivity contribution >= 4 is 5.91 Å². The van der Waals surface area contributed by atoms with Crippen molar-refractivity contribution < 1.29 is 64.6 Å². The van der Waals surface area contributed by atoms with Gasteiger partial charge < -0.3 is 93.4 Å². The van der Waals surface area contributed by atoms with Gasteiger partial charge in [0.15, 0.2) is 12.6 Å². The zero-order valence-electron chi connectivity index (χ0n) is 23.6. The van der Waals surface area contributed by atoms with E-state index in [0.717, 1.165) is 0 Å². The number of rotatable bonds is 13. The summed E-state index contributed by atoms with van der Waals surface area (Å²) in [5.41, 5.74) is 23.0. The Morgan fingerprint density at radius 3 is 2.12 bits per heavy atom. The summed E-state index contributed by atoms with van der Waals surface area (Å²) in [4.78, 5) is 12.5. The molecule has 0 aromatic carbocycles. The van der Waals surface area contributed by atoms with Crippen molar-refractivity contribution in [2.45, 2.75) is 111 Å². The van der Waals surface area contributed by atoms with Gasteiger partial charge in [-0.2, -0.15) is 0 Å².